The average molecular weight is 930 g/mol. The highest BCUT2D eigenvalue weighted by atomic mass is 31.2. The molecule has 3 N–H and O–H groups in total. The number of nitrogens with two attached hydrogens (primary N) is 1. The molecule has 0 aliphatic heterocycles. The molecule has 0 amide bonds. The van der Waals surface area contributed by atoms with Crippen molar-refractivity contribution in [1.29, 1.82) is 0 Å². The van der Waals surface area contributed by atoms with Gasteiger partial charge >= 0.3 is 19.8 Å². The van der Waals surface area contributed by atoms with E-state index in [0.717, 1.165) is 96.3 Å². The van der Waals surface area contributed by atoms with Crippen LogP contribution in [0.3, 0.4) is 0 Å². The number of esters is 2. The molecule has 65 heavy (non-hydrogen) atoms. The second-order valence-corrected chi connectivity index (χ2v) is 18.5. The van der Waals surface area contributed by atoms with Crippen LogP contribution in [0.2, 0.25) is 0 Å². The van der Waals surface area contributed by atoms with E-state index < -0.39 is 32.5 Å². The van der Waals surface area contributed by atoms with E-state index in [4.69, 9.17) is 24.3 Å². The summed E-state index contributed by atoms with van der Waals surface area (Å²) in [6.07, 6.45) is 64.9. The Morgan fingerprint density at radius 3 is 1.28 bits per heavy atom. The first kappa shape index (κ1) is 62.2. The first-order valence-electron chi connectivity index (χ1n) is 26.1. The Bertz CT molecular complexity index is 1340. The van der Waals surface area contributed by atoms with Crippen molar-refractivity contribution in [3.05, 3.63) is 85.1 Å². The number of carbonyl (C=O) groups excluding carboxylic acids is 2. The van der Waals surface area contributed by atoms with Crippen LogP contribution in [0.5, 0.6) is 0 Å². The SMILES string of the molecule is CC/C=C\C/C=C\C/C=C\C/C=C\C/C=C\C/C=C\CCCCCCCCCCCCCCC(=O)OC(COC(=O)CCCCCCC/C=C\CCCCCC)COP(=O)(O)OCCN. The van der Waals surface area contributed by atoms with Crippen LogP contribution in [0.25, 0.3) is 0 Å². The molecule has 2 unspecified atom stereocenters. The lowest BCUT2D eigenvalue weighted by molar-refractivity contribution is -0.161. The minimum atomic E-state index is -4.39. The number of hydrogen-bond donors (Lipinski definition) is 2. The number of ether oxygens (including phenoxy) is 2. The first-order valence-corrected chi connectivity index (χ1v) is 27.6. The van der Waals surface area contributed by atoms with Crippen molar-refractivity contribution >= 4 is 19.8 Å². The summed E-state index contributed by atoms with van der Waals surface area (Å²) in [5.74, 6) is -0.842. The van der Waals surface area contributed by atoms with Crippen molar-refractivity contribution in [2.24, 2.45) is 5.73 Å². The van der Waals surface area contributed by atoms with E-state index >= 15 is 0 Å². The molecular weight excluding hydrogens is 834 g/mol. The van der Waals surface area contributed by atoms with E-state index in [1.165, 1.54) is 89.9 Å². The number of hydrogen-bond acceptors (Lipinski definition) is 8. The fraction of sp³-hybridized carbons (Fsp3) is 0.709. The topological polar surface area (TPSA) is 134 Å². The summed E-state index contributed by atoms with van der Waals surface area (Å²) in [5, 5.41) is 0. The summed E-state index contributed by atoms with van der Waals surface area (Å²) in [4.78, 5) is 35.0. The van der Waals surface area contributed by atoms with Crippen LogP contribution >= 0.6 is 7.82 Å². The molecule has 374 valence electrons. The maximum Gasteiger partial charge on any atom is 0.472 e. The largest absolute Gasteiger partial charge is 0.472 e. The molecule has 0 fully saturated rings. The molecule has 0 heterocycles. The van der Waals surface area contributed by atoms with Gasteiger partial charge in [-0.1, -0.05) is 202 Å². The Morgan fingerprint density at radius 2 is 0.846 bits per heavy atom. The van der Waals surface area contributed by atoms with Gasteiger partial charge in [-0.2, -0.15) is 0 Å². The van der Waals surface area contributed by atoms with Gasteiger partial charge in [-0.05, 0) is 89.9 Å². The normalized spacial score (nSPS) is 13.8. The predicted molar refractivity (Wildman–Crippen MR) is 275 cm³/mol. The molecule has 0 aromatic heterocycles. The van der Waals surface area contributed by atoms with Crippen LogP contribution in [0.4, 0.5) is 0 Å². The molecule has 0 aliphatic carbocycles. The van der Waals surface area contributed by atoms with Gasteiger partial charge < -0.3 is 20.1 Å². The van der Waals surface area contributed by atoms with Crippen molar-refractivity contribution in [1.82, 2.24) is 0 Å². The zero-order valence-corrected chi connectivity index (χ0v) is 42.3. The molecule has 0 spiro atoms. The third-order valence-electron chi connectivity index (χ3n) is 10.8. The second kappa shape index (κ2) is 50.6. The van der Waals surface area contributed by atoms with Crippen LogP contribution in [-0.2, 0) is 32.7 Å². The molecule has 0 saturated heterocycles. The molecule has 0 rings (SSSR count). The van der Waals surface area contributed by atoms with Crippen LogP contribution in [0.15, 0.2) is 85.1 Å². The van der Waals surface area contributed by atoms with Crippen molar-refractivity contribution in [2.75, 3.05) is 26.4 Å². The van der Waals surface area contributed by atoms with Crippen LogP contribution < -0.4 is 5.73 Å². The maximum atomic E-state index is 12.7. The maximum absolute atomic E-state index is 12.7. The lowest BCUT2D eigenvalue weighted by Gasteiger charge is -2.19. The molecule has 2 atom stereocenters. The summed E-state index contributed by atoms with van der Waals surface area (Å²) in [5.41, 5.74) is 5.36. The van der Waals surface area contributed by atoms with E-state index in [1.54, 1.807) is 0 Å². The Hall–Kier alpha value is -2.81. The molecule has 0 saturated carbocycles. The van der Waals surface area contributed by atoms with Gasteiger partial charge in [0.1, 0.15) is 6.61 Å². The smallest absolute Gasteiger partial charge is 0.462 e. The Balaban J connectivity index is 3.98. The summed E-state index contributed by atoms with van der Waals surface area (Å²) in [6, 6.07) is 0. The zero-order chi connectivity index (χ0) is 47.4. The molecule has 0 aromatic carbocycles. The van der Waals surface area contributed by atoms with Gasteiger partial charge in [0.2, 0.25) is 0 Å². The van der Waals surface area contributed by atoms with Gasteiger partial charge in [-0.3, -0.25) is 18.6 Å². The first-order chi connectivity index (χ1) is 31.8. The standard InChI is InChI=1S/C55H96NO8P/c1-3-5-7-9-11-13-15-17-18-19-20-21-22-23-24-25-26-27-28-29-30-31-32-33-34-36-38-40-42-44-46-48-55(58)64-53(52-63-65(59,60)62-50-49-56)51-61-54(57)47-45-43-41-39-37-35-16-14-12-10-8-6-4-2/h5,7,11,13-14,16-18,20-21,23-24,26-27,53H,3-4,6,8-10,12,15,19,22,25,28-52,56H2,1-2H3,(H,59,60)/b7-5-,13-11-,16-14-,18-17-,21-20-,24-23-,27-26-. The number of unbranched alkanes of at least 4 members (excludes halogenated alkanes) is 21. The Morgan fingerprint density at radius 1 is 0.477 bits per heavy atom. The fourth-order valence-electron chi connectivity index (χ4n) is 6.93. The minimum Gasteiger partial charge on any atom is -0.462 e. The summed E-state index contributed by atoms with van der Waals surface area (Å²) < 4.78 is 32.9. The predicted octanol–water partition coefficient (Wildman–Crippen LogP) is 16.0. The fourth-order valence-corrected chi connectivity index (χ4v) is 7.69. The van der Waals surface area contributed by atoms with Gasteiger partial charge in [0.15, 0.2) is 6.10 Å². The highest BCUT2D eigenvalue weighted by molar-refractivity contribution is 7.47. The van der Waals surface area contributed by atoms with Gasteiger partial charge in [0.25, 0.3) is 0 Å². The number of phosphoric acid groups is 1. The van der Waals surface area contributed by atoms with Crippen molar-refractivity contribution < 1.29 is 37.6 Å². The average Bonchev–Trinajstić information content (AvgIpc) is 3.30. The zero-order valence-electron chi connectivity index (χ0n) is 41.4. The number of carbonyl (C=O) groups is 2. The Labute approximate surface area is 398 Å². The van der Waals surface area contributed by atoms with E-state index in [-0.39, 0.29) is 32.6 Å². The minimum absolute atomic E-state index is 0.0491. The van der Waals surface area contributed by atoms with E-state index in [9.17, 15) is 19.0 Å². The highest BCUT2D eigenvalue weighted by Crippen LogP contribution is 2.43. The van der Waals surface area contributed by atoms with E-state index in [1.807, 2.05) is 0 Å². The Kier molecular flexibility index (Phi) is 48.4. The van der Waals surface area contributed by atoms with Gasteiger partial charge in [-0.25, -0.2) is 4.57 Å². The quantitative estimate of drug-likeness (QED) is 0.0265. The lowest BCUT2D eigenvalue weighted by atomic mass is 10.0. The monoisotopic (exact) mass is 930 g/mol. The van der Waals surface area contributed by atoms with Crippen LogP contribution in [0, 0.1) is 0 Å². The molecule has 0 aliphatic rings. The van der Waals surface area contributed by atoms with Gasteiger partial charge in [-0.15, -0.1) is 0 Å². The third-order valence-corrected chi connectivity index (χ3v) is 11.7. The lowest BCUT2D eigenvalue weighted by Crippen LogP contribution is -2.29. The molecule has 0 radical (unpaired) electrons. The molecule has 9 nitrogen and oxygen atoms in total. The molecule has 10 heteroatoms. The van der Waals surface area contributed by atoms with Crippen molar-refractivity contribution in [3.8, 4) is 0 Å². The van der Waals surface area contributed by atoms with Crippen LogP contribution in [-0.4, -0.2) is 49.3 Å². The van der Waals surface area contributed by atoms with Crippen molar-refractivity contribution in [2.45, 2.75) is 225 Å². The van der Waals surface area contributed by atoms with Crippen LogP contribution in [0.1, 0.15) is 219 Å². The van der Waals surface area contributed by atoms with E-state index in [2.05, 4.69) is 98.9 Å². The number of allylic oxidation sites excluding steroid dienone is 14. The van der Waals surface area contributed by atoms with Crippen molar-refractivity contribution in [3.63, 3.8) is 0 Å². The molecular formula is C55H96NO8P. The summed E-state index contributed by atoms with van der Waals surface area (Å²) in [6.45, 7) is 3.59. The molecule has 0 aromatic rings. The van der Waals surface area contributed by atoms with Gasteiger partial charge in [0.05, 0.1) is 13.2 Å². The summed E-state index contributed by atoms with van der Waals surface area (Å²) in [7, 11) is -4.39. The summed E-state index contributed by atoms with van der Waals surface area (Å²) >= 11 is 0. The molecule has 0 bridgehead atoms. The van der Waals surface area contributed by atoms with Gasteiger partial charge in [0, 0.05) is 19.4 Å². The third kappa shape index (κ3) is 50.4. The number of rotatable bonds is 48. The highest BCUT2D eigenvalue weighted by Gasteiger charge is 2.26. The number of phosphoric ester groups is 1. The van der Waals surface area contributed by atoms with E-state index in [0.29, 0.717) is 6.42 Å². The second-order valence-electron chi connectivity index (χ2n) is 17.0.